The Balaban J connectivity index is 1.13. The number of likely N-dealkylation sites (tertiary alicyclic amines) is 1. The maximum absolute atomic E-state index is 12.4. The van der Waals surface area contributed by atoms with Gasteiger partial charge in [0.05, 0.1) is 0 Å². The predicted octanol–water partition coefficient (Wildman–Crippen LogP) is 5.60. The van der Waals surface area contributed by atoms with Crippen molar-refractivity contribution in [3.8, 4) is 0 Å². The summed E-state index contributed by atoms with van der Waals surface area (Å²) < 4.78 is 0. The number of rotatable bonds is 10. The molecule has 1 saturated heterocycles. The number of hydrogen-bond donors (Lipinski definition) is 2. The van der Waals surface area contributed by atoms with E-state index < -0.39 is 12.0 Å². The van der Waals surface area contributed by atoms with E-state index in [1.54, 1.807) is 0 Å². The minimum atomic E-state index is -0.737. The highest BCUT2D eigenvalue weighted by Crippen LogP contribution is 2.41. The van der Waals surface area contributed by atoms with Gasteiger partial charge < -0.3 is 10.4 Å². The number of carbonyl (C=O) groups is 1. The molecule has 2 N–H and O–H groups in total. The van der Waals surface area contributed by atoms with Gasteiger partial charge in [-0.1, -0.05) is 38.3 Å². The second-order valence-corrected chi connectivity index (χ2v) is 11.0. The van der Waals surface area contributed by atoms with Crippen molar-refractivity contribution in [1.82, 2.24) is 14.9 Å². The fraction of sp³-hybridized carbons (Fsp3) is 0.621. The van der Waals surface area contributed by atoms with Crippen molar-refractivity contribution in [3.05, 3.63) is 53.0 Å². The van der Waals surface area contributed by atoms with Gasteiger partial charge in [0.15, 0.2) is 0 Å². The van der Waals surface area contributed by atoms with Gasteiger partial charge in [0.1, 0.15) is 11.9 Å². The molecule has 35 heavy (non-hydrogen) atoms. The number of nitrogens with zero attached hydrogens (tertiary/aromatic N) is 3. The minimum absolute atomic E-state index is 0.436. The molecule has 0 unspecified atom stereocenters. The van der Waals surface area contributed by atoms with Crippen LogP contribution < -0.4 is 5.32 Å². The summed E-state index contributed by atoms with van der Waals surface area (Å²) in [6.07, 6.45) is 13.3. The van der Waals surface area contributed by atoms with E-state index in [1.807, 2.05) is 18.3 Å². The molecule has 5 rings (SSSR count). The van der Waals surface area contributed by atoms with Gasteiger partial charge >= 0.3 is 5.97 Å². The largest absolute Gasteiger partial charge is 0.480 e. The Bertz CT molecular complexity index is 1020. The van der Waals surface area contributed by atoms with E-state index in [0.717, 1.165) is 75.2 Å². The summed E-state index contributed by atoms with van der Waals surface area (Å²) in [5, 5.41) is 13.6. The number of aliphatic carboxylic acids is 1. The number of fused-ring (bicyclic) bond motifs is 1. The average Bonchev–Trinajstić information content (AvgIpc) is 3.31. The van der Waals surface area contributed by atoms with Crippen LogP contribution in [0, 0.1) is 11.8 Å². The van der Waals surface area contributed by atoms with Gasteiger partial charge in [-0.2, -0.15) is 0 Å². The molecule has 1 aliphatic carbocycles. The fourth-order valence-corrected chi connectivity index (χ4v) is 6.20. The van der Waals surface area contributed by atoms with Gasteiger partial charge in [-0.05, 0) is 81.0 Å². The number of anilines is 1. The molecule has 188 valence electrons. The van der Waals surface area contributed by atoms with Gasteiger partial charge in [-0.15, -0.1) is 0 Å². The first-order chi connectivity index (χ1) is 17.1. The van der Waals surface area contributed by atoms with E-state index in [2.05, 4.69) is 34.3 Å². The molecule has 6 nitrogen and oxygen atoms in total. The summed E-state index contributed by atoms with van der Waals surface area (Å²) >= 11 is 0. The lowest BCUT2D eigenvalue weighted by Gasteiger charge is -2.31. The highest BCUT2D eigenvalue weighted by Gasteiger charge is 2.38. The molecule has 6 heteroatoms. The quantitative estimate of drug-likeness (QED) is 0.435. The lowest BCUT2D eigenvalue weighted by molar-refractivity contribution is -0.143. The molecule has 0 bridgehead atoms. The number of pyridine rings is 2. The molecule has 3 atom stereocenters. The summed E-state index contributed by atoms with van der Waals surface area (Å²) in [7, 11) is 0. The van der Waals surface area contributed by atoms with Crippen LogP contribution in [0.1, 0.15) is 92.8 Å². The molecule has 2 fully saturated rings. The van der Waals surface area contributed by atoms with Crippen molar-refractivity contribution in [2.75, 3.05) is 25.0 Å². The highest BCUT2D eigenvalue weighted by molar-refractivity contribution is 5.76. The van der Waals surface area contributed by atoms with Gasteiger partial charge in [-0.3, -0.25) is 14.7 Å². The molecule has 0 spiro atoms. The van der Waals surface area contributed by atoms with Crippen molar-refractivity contribution in [3.63, 3.8) is 0 Å². The molecule has 0 aromatic carbocycles. The average molecular weight is 477 g/mol. The van der Waals surface area contributed by atoms with E-state index in [-0.39, 0.29) is 0 Å². The number of nitrogens with one attached hydrogen (secondary N) is 1. The molecule has 0 radical (unpaired) electrons. The molecular formula is C29H40N4O2. The summed E-state index contributed by atoms with van der Waals surface area (Å²) in [4.78, 5) is 24.1. The predicted molar refractivity (Wildman–Crippen MR) is 139 cm³/mol. The van der Waals surface area contributed by atoms with E-state index in [9.17, 15) is 9.90 Å². The van der Waals surface area contributed by atoms with Crippen LogP contribution in [-0.2, 0) is 17.6 Å². The van der Waals surface area contributed by atoms with Crippen LogP contribution >= 0.6 is 0 Å². The zero-order chi connectivity index (χ0) is 24.2. The van der Waals surface area contributed by atoms with Gasteiger partial charge in [0.2, 0.25) is 0 Å². The summed E-state index contributed by atoms with van der Waals surface area (Å²) in [5.74, 6) is 1.96. The smallest absolute Gasteiger partial charge is 0.325 e. The number of carboxylic acids is 1. The normalized spacial score (nSPS) is 22.1. The number of unbranched alkanes of at least 4 members (excludes halogenated alkanes) is 1. The van der Waals surface area contributed by atoms with Crippen LogP contribution in [0.4, 0.5) is 5.82 Å². The van der Waals surface area contributed by atoms with Gasteiger partial charge in [0, 0.05) is 42.2 Å². The third kappa shape index (κ3) is 5.53. The summed E-state index contributed by atoms with van der Waals surface area (Å²) in [6, 6.07) is 7.78. The second-order valence-electron chi connectivity index (χ2n) is 11.0. The number of hydrogen-bond acceptors (Lipinski definition) is 5. The monoisotopic (exact) mass is 476 g/mol. The van der Waals surface area contributed by atoms with Crippen LogP contribution in [0.3, 0.4) is 0 Å². The Morgan fingerprint density at radius 1 is 1.20 bits per heavy atom. The number of aromatic nitrogens is 2. The molecule has 1 saturated carbocycles. The van der Waals surface area contributed by atoms with Crippen molar-refractivity contribution in [2.24, 2.45) is 11.8 Å². The first-order valence-electron chi connectivity index (χ1n) is 13.7. The zero-order valence-electron chi connectivity index (χ0n) is 21.1. The molecule has 4 heterocycles. The molecule has 0 amide bonds. The van der Waals surface area contributed by atoms with Crippen molar-refractivity contribution >= 4 is 11.8 Å². The van der Waals surface area contributed by atoms with E-state index in [1.165, 1.54) is 36.9 Å². The standard InChI is InChI=1S/C29H40N4O2/c1-20(7-2-3-11-24-14-13-22-10-5-17-31-28(22)32-24)23-15-18-33(19-23)27(29(34)35)25-12-6-16-30-26(25)21-8-4-9-21/h6,12-14,16,20-21,23,27H,2-5,7-11,15,17-19H2,1H3,(H,31,32)(H,34,35)/t20-,23+,27-/m0/s1. The van der Waals surface area contributed by atoms with Crippen molar-refractivity contribution in [1.29, 1.82) is 0 Å². The Morgan fingerprint density at radius 3 is 2.89 bits per heavy atom. The lowest BCUT2D eigenvalue weighted by Crippen LogP contribution is -2.34. The Hall–Kier alpha value is -2.47. The fourth-order valence-electron chi connectivity index (χ4n) is 6.20. The summed E-state index contributed by atoms with van der Waals surface area (Å²) in [6.45, 7) is 5.12. The molecule has 2 aliphatic heterocycles. The topological polar surface area (TPSA) is 78.4 Å². The number of carboxylic acid groups (broad SMARTS) is 1. The summed E-state index contributed by atoms with van der Waals surface area (Å²) in [5.41, 5.74) is 4.49. The SMILES string of the molecule is C[C@@H](CCCCc1ccc2c(n1)NCCC2)[C@@H]1CCN([C@H](C(=O)O)c2cccnc2C2CCC2)C1. The maximum atomic E-state index is 12.4. The van der Waals surface area contributed by atoms with E-state index in [4.69, 9.17) is 4.98 Å². The maximum Gasteiger partial charge on any atom is 0.325 e. The van der Waals surface area contributed by atoms with E-state index >= 15 is 0 Å². The Morgan fingerprint density at radius 2 is 2.09 bits per heavy atom. The first-order valence-corrected chi connectivity index (χ1v) is 13.7. The molecule has 3 aliphatic rings. The zero-order valence-corrected chi connectivity index (χ0v) is 21.1. The number of aryl methyl sites for hydroxylation is 2. The van der Waals surface area contributed by atoms with Crippen molar-refractivity contribution in [2.45, 2.75) is 83.1 Å². The first kappa shape index (κ1) is 24.2. The molecule has 2 aromatic rings. The van der Waals surface area contributed by atoms with Crippen molar-refractivity contribution < 1.29 is 9.90 Å². The minimum Gasteiger partial charge on any atom is -0.480 e. The second kappa shape index (κ2) is 11.1. The van der Waals surface area contributed by atoms with Crippen LogP contribution in [0.25, 0.3) is 0 Å². The Labute approximate surface area is 209 Å². The Kier molecular flexibility index (Phi) is 7.66. The van der Waals surface area contributed by atoms with Crippen LogP contribution in [0.15, 0.2) is 30.5 Å². The van der Waals surface area contributed by atoms with Gasteiger partial charge in [0.25, 0.3) is 0 Å². The lowest BCUT2D eigenvalue weighted by atomic mass is 9.80. The van der Waals surface area contributed by atoms with E-state index in [0.29, 0.717) is 17.8 Å². The third-order valence-corrected chi connectivity index (χ3v) is 8.61. The highest BCUT2D eigenvalue weighted by atomic mass is 16.4. The van der Waals surface area contributed by atoms with Crippen LogP contribution in [-0.4, -0.2) is 45.6 Å². The van der Waals surface area contributed by atoms with Crippen LogP contribution in [0.5, 0.6) is 0 Å². The van der Waals surface area contributed by atoms with Gasteiger partial charge in [-0.25, -0.2) is 4.98 Å². The van der Waals surface area contributed by atoms with Crippen LogP contribution in [0.2, 0.25) is 0 Å². The third-order valence-electron chi connectivity index (χ3n) is 8.61. The molecule has 2 aromatic heterocycles. The molecular weight excluding hydrogens is 436 g/mol.